The lowest BCUT2D eigenvalue weighted by atomic mass is 10.3. The normalized spacial score (nSPS) is 12.5. The van der Waals surface area contributed by atoms with E-state index in [9.17, 15) is 4.79 Å². The van der Waals surface area contributed by atoms with Gasteiger partial charge in [0.1, 0.15) is 0 Å². The predicted octanol–water partition coefficient (Wildman–Crippen LogP) is 0.537. The summed E-state index contributed by atoms with van der Waals surface area (Å²) < 4.78 is 0. The quantitative estimate of drug-likeness (QED) is 0.760. The molecule has 0 aromatic carbocycles. The van der Waals surface area contributed by atoms with E-state index in [1.54, 1.807) is 0 Å². The summed E-state index contributed by atoms with van der Waals surface area (Å²) in [6.45, 7) is 2.75. The Kier molecular flexibility index (Phi) is 4.19. The fraction of sp³-hybridized carbons (Fsp3) is 0.500. The Balaban J connectivity index is 2.76. The molecular weight excluding hydrogens is 208 g/mol. The van der Waals surface area contributed by atoms with E-state index >= 15 is 0 Å². The van der Waals surface area contributed by atoms with Crippen molar-refractivity contribution in [2.75, 3.05) is 26.0 Å². The monoisotopic (exact) mass is 224 g/mol. The minimum atomic E-state index is -1.08. The van der Waals surface area contributed by atoms with Gasteiger partial charge in [-0.05, 0) is 21.0 Å². The van der Waals surface area contributed by atoms with Gasteiger partial charge in [0.15, 0.2) is 11.5 Å². The van der Waals surface area contributed by atoms with Gasteiger partial charge in [0.2, 0.25) is 0 Å². The molecule has 1 heterocycles. The number of carbonyl (C=O) groups is 1. The van der Waals surface area contributed by atoms with Gasteiger partial charge in [0.05, 0.1) is 0 Å². The first-order valence-corrected chi connectivity index (χ1v) is 4.96. The van der Waals surface area contributed by atoms with E-state index in [0.717, 1.165) is 6.54 Å². The van der Waals surface area contributed by atoms with Crippen molar-refractivity contribution in [2.24, 2.45) is 0 Å². The molecule has 0 aliphatic rings. The van der Waals surface area contributed by atoms with Gasteiger partial charge in [-0.15, -0.1) is 0 Å². The molecule has 0 radical (unpaired) electrons. The third-order valence-electron chi connectivity index (χ3n) is 1.92. The summed E-state index contributed by atoms with van der Waals surface area (Å²) in [5.41, 5.74) is -0.0480. The fourth-order valence-electron chi connectivity index (χ4n) is 1.43. The Bertz CT molecular complexity index is 368. The number of aromatic carboxylic acids is 1. The maximum atomic E-state index is 10.9. The lowest BCUT2D eigenvalue weighted by Crippen LogP contribution is -2.30. The van der Waals surface area contributed by atoms with Crippen LogP contribution in [0.5, 0.6) is 0 Å². The Morgan fingerprint density at radius 1 is 1.50 bits per heavy atom. The number of nitrogens with one attached hydrogen (secondary N) is 1. The highest BCUT2D eigenvalue weighted by Gasteiger charge is 2.14. The van der Waals surface area contributed by atoms with Crippen LogP contribution in [0.1, 0.15) is 17.4 Å². The second-order valence-corrected chi connectivity index (χ2v) is 3.87. The number of carboxylic acids is 1. The summed E-state index contributed by atoms with van der Waals surface area (Å²) in [5, 5.41) is 11.9. The molecule has 0 saturated carbocycles. The molecule has 88 valence electrons. The van der Waals surface area contributed by atoms with E-state index in [2.05, 4.69) is 15.3 Å². The van der Waals surface area contributed by atoms with Crippen LogP contribution in [-0.2, 0) is 0 Å². The highest BCUT2D eigenvalue weighted by atomic mass is 16.4. The van der Waals surface area contributed by atoms with Crippen LogP contribution in [0.4, 0.5) is 5.82 Å². The maximum Gasteiger partial charge on any atom is 0.358 e. The van der Waals surface area contributed by atoms with Crippen LogP contribution in [0, 0.1) is 0 Å². The average Bonchev–Trinajstić information content (AvgIpc) is 2.16. The molecule has 1 unspecified atom stereocenters. The van der Waals surface area contributed by atoms with E-state index < -0.39 is 5.97 Å². The molecule has 1 aromatic heterocycles. The van der Waals surface area contributed by atoms with Gasteiger partial charge in [-0.1, -0.05) is 0 Å². The van der Waals surface area contributed by atoms with E-state index in [4.69, 9.17) is 5.11 Å². The second kappa shape index (κ2) is 5.41. The van der Waals surface area contributed by atoms with Crippen LogP contribution < -0.4 is 5.32 Å². The van der Waals surface area contributed by atoms with Crippen LogP contribution in [0.15, 0.2) is 12.4 Å². The topological polar surface area (TPSA) is 78.3 Å². The first-order valence-electron chi connectivity index (χ1n) is 4.96. The van der Waals surface area contributed by atoms with Crippen molar-refractivity contribution < 1.29 is 9.90 Å². The number of hydrogen-bond donors (Lipinski definition) is 2. The van der Waals surface area contributed by atoms with E-state index in [0.29, 0.717) is 5.82 Å². The summed E-state index contributed by atoms with van der Waals surface area (Å²) in [7, 11) is 3.90. The van der Waals surface area contributed by atoms with Crippen molar-refractivity contribution in [2.45, 2.75) is 13.0 Å². The Hall–Kier alpha value is -1.69. The molecule has 1 atom stereocenters. The van der Waals surface area contributed by atoms with Crippen LogP contribution in [-0.4, -0.2) is 52.6 Å². The largest absolute Gasteiger partial charge is 0.476 e. The second-order valence-electron chi connectivity index (χ2n) is 3.87. The highest BCUT2D eigenvalue weighted by Crippen LogP contribution is 2.09. The first kappa shape index (κ1) is 12.4. The number of hydrogen-bond acceptors (Lipinski definition) is 5. The van der Waals surface area contributed by atoms with Crippen molar-refractivity contribution in [3.8, 4) is 0 Å². The number of likely N-dealkylation sites (N-methyl/N-ethyl adjacent to an activating group) is 1. The van der Waals surface area contributed by atoms with Gasteiger partial charge in [0.25, 0.3) is 0 Å². The lowest BCUT2D eigenvalue weighted by Gasteiger charge is -2.19. The van der Waals surface area contributed by atoms with Gasteiger partial charge >= 0.3 is 5.97 Å². The smallest absolute Gasteiger partial charge is 0.358 e. The van der Waals surface area contributed by atoms with Gasteiger partial charge < -0.3 is 15.3 Å². The molecular formula is C10H16N4O2. The number of anilines is 1. The molecule has 16 heavy (non-hydrogen) atoms. The fourth-order valence-corrected chi connectivity index (χ4v) is 1.43. The minimum absolute atomic E-state index is 0.0480. The van der Waals surface area contributed by atoms with Crippen molar-refractivity contribution in [1.82, 2.24) is 14.9 Å². The molecule has 0 fully saturated rings. The Morgan fingerprint density at radius 3 is 2.69 bits per heavy atom. The SMILES string of the molecule is CC(CN(C)C)Nc1nccnc1C(=O)O. The third kappa shape index (κ3) is 3.47. The summed E-state index contributed by atoms with van der Waals surface area (Å²) in [4.78, 5) is 20.6. The lowest BCUT2D eigenvalue weighted by molar-refractivity contribution is 0.0691. The molecule has 0 amide bonds. The molecule has 6 heteroatoms. The first-order chi connectivity index (χ1) is 7.50. The van der Waals surface area contributed by atoms with Crippen LogP contribution >= 0.6 is 0 Å². The molecule has 0 aliphatic heterocycles. The molecule has 0 bridgehead atoms. The summed E-state index contributed by atoms with van der Waals surface area (Å²) >= 11 is 0. The van der Waals surface area contributed by atoms with Crippen LogP contribution in [0.25, 0.3) is 0 Å². The zero-order chi connectivity index (χ0) is 12.1. The molecule has 0 saturated heterocycles. The number of carboxylic acid groups (broad SMARTS) is 1. The summed E-state index contributed by atoms with van der Waals surface area (Å²) in [6, 6.07) is 0.102. The molecule has 0 aliphatic carbocycles. The number of rotatable bonds is 5. The van der Waals surface area contributed by atoms with Crippen molar-refractivity contribution in [3.05, 3.63) is 18.1 Å². The summed E-state index contributed by atoms with van der Waals surface area (Å²) in [5.74, 6) is -0.767. The Labute approximate surface area is 94.3 Å². The molecule has 2 N–H and O–H groups in total. The van der Waals surface area contributed by atoms with Crippen molar-refractivity contribution in [3.63, 3.8) is 0 Å². The van der Waals surface area contributed by atoms with Gasteiger partial charge in [-0.2, -0.15) is 0 Å². The third-order valence-corrected chi connectivity index (χ3v) is 1.92. The van der Waals surface area contributed by atoms with Gasteiger partial charge in [-0.25, -0.2) is 14.8 Å². The number of aromatic nitrogens is 2. The van der Waals surface area contributed by atoms with Crippen molar-refractivity contribution >= 4 is 11.8 Å². The van der Waals surface area contributed by atoms with Gasteiger partial charge in [-0.3, -0.25) is 0 Å². The zero-order valence-electron chi connectivity index (χ0n) is 9.64. The van der Waals surface area contributed by atoms with Gasteiger partial charge in [0, 0.05) is 25.0 Å². The molecule has 1 aromatic rings. The molecule has 1 rings (SSSR count). The molecule has 6 nitrogen and oxygen atoms in total. The average molecular weight is 224 g/mol. The Morgan fingerprint density at radius 2 is 2.12 bits per heavy atom. The maximum absolute atomic E-state index is 10.9. The molecule has 0 spiro atoms. The van der Waals surface area contributed by atoms with Crippen LogP contribution in [0.2, 0.25) is 0 Å². The standard InChI is InChI=1S/C10H16N4O2/c1-7(6-14(2)3)13-9-8(10(15)16)11-4-5-12-9/h4-5,7H,6H2,1-3H3,(H,12,13)(H,15,16). The van der Waals surface area contributed by atoms with E-state index in [1.807, 2.05) is 25.9 Å². The van der Waals surface area contributed by atoms with Crippen LogP contribution in [0.3, 0.4) is 0 Å². The zero-order valence-corrected chi connectivity index (χ0v) is 9.64. The highest BCUT2D eigenvalue weighted by molar-refractivity contribution is 5.90. The minimum Gasteiger partial charge on any atom is -0.476 e. The van der Waals surface area contributed by atoms with Crippen molar-refractivity contribution in [1.29, 1.82) is 0 Å². The summed E-state index contributed by atoms with van der Waals surface area (Å²) in [6.07, 6.45) is 2.84. The predicted molar refractivity (Wildman–Crippen MR) is 60.6 cm³/mol. The van der Waals surface area contributed by atoms with E-state index in [1.165, 1.54) is 12.4 Å². The van der Waals surface area contributed by atoms with E-state index in [-0.39, 0.29) is 11.7 Å². The number of nitrogens with zero attached hydrogens (tertiary/aromatic N) is 3.